The molecule has 0 radical (unpaired) electrons. The van der Waals surface area contributed by atoms with E-state index in [0.717, 1.165) is 0 Å². The van der Waals surface area contributed by atoms with E-state index in [-0.39, 0.29) is 0 Å². The lowest BCUT2D eigenvalue weighted by Gasteiger charge is -2.45. The molecule has 0 saturated carbocycles. The summed E-state index contributed by atoms with van der Waals surface area (Å²) in [6, 6.07) is 0.686. The van der Waals surface area contributed by atoms with Gasteiger partial charge in [0.2, 0.25) is 0 Å². The van der Waals surface area contributed by atoms with Gasteiger partial charge in [-0.25, -0.2) is 0 Å². The Kier molecular flexibility index (Phi) is 1.64. The normalized spacial score (nSPS) is 52.0. The van der Waals surface area contributed by atoms with Crippen molar-refractivity contribution < 1.29 is 0 Å². The van der Waals surface area contributed by atoms with Crippen LogP contribution in [0.25, 0.3) is 0 Å². The zero-order valence-corrected chi connectivity index (χ0v) is 10.8. The molecule has 3 aliphatic rings. The van der Waals surface area contributed by atoms with Crippen LogP contribution in [-0.4, -0.2) is 45.5 Å². The van der Waals surface area contributed by atoms with Gasteiger partial charge in [-0.3, -0.25) is 9.80 Å². The van der Waals surface area contributed by atoms with Crippen LogP contribution < -0.4 is 0 Å². The Bertz CT molecular complexity index is 310. The fraction of sp³-hybridized carbons (Fsp3) is 1.00. The molecule has 3 atom stereocenters. The summed E-state index contributed by atoms with van der Waals surface area (Å²) >= 11 is 0. The lowest BCUT2D eigenvalue weighted by molar-refractivity contribution is 0.0615. The molecule has 3 rings (SSSR count). The molecule has 0 aromatic rings. The van der Waals surface area contributed by atoms with Gasteiger partial charge in [-0.05, 0) is 47.5 Å². The van der Waals surface area contributed by atoms with Crippen molar-refractivity contribution in [1.29, 1.82) is 0 Å². The van der Waals surface area contributed by atoms with Crippen LogP contribution in [0.3, 0.4) is 0 Å². The summed E-state index contributed by atoms with van der Waals surface area (Å²) in [4.78, 5) is 5.44. The molecule has 1 spiro atoms. The topological polar surface area (TPSA) is 6.25 Å². The minimum absolute atomic E-state index is 0.401. The van der Waals surface area contributed by atoms with Crippen molar-refractivity contribution in [2.75, 3.05) is 13.1 Å². The molecule has 2 heteroatoms. The summed E-state index contributed by atoms with van der Waals surface area (Å²) in [5.41, 5.74) is 1.57. The molecule has 3 saturated heterocycles. The molecule has 3 fully saturated rings. The van der Waals surface area contributed by atoms with Crippen molar-refractivity contribution in [2.24, 2.45) is 0 Å². The van der Waals surface area contributed by atoms with E-state index in [1.54, 1.807) is 0 Å². The van der Waals surface area contributed by atoms with Gasteiger partial charge in [0.25, 0.3) is 0 Å². The highest BCUT2D eigenvalue weighted by molar-refractivity contribution is 5.30. The van der Waals surface area contributed by atoms with E-state index >= 15 is 0 Å². The van der Waals surface area contributed by atoms with Gasteiger partial charge in [0, 0.05) is 35.7 Å². The van der Waals surface area contributed by atoms with Crippen LogP contribution in [0.15, 0.2) is 0 Å². The average molecular weight is 208 g/mol. The van der Waals surface area contributed by atoms with Gasteiger partial charge in [0.15, 0.2) is 0 Å². The van der Waals surface area contributed by atoms with Gasteiger partial charge in [0.1, 0.15) is 0 Å². The third-order valence-corrected chi connectivity index (χ3v) is 4.96. The highest BCUT2D eigenvalue weighted by Gasteiger charge is 2.73. The Balaban J connectivity index is 1.82. The highest BCUT2D eigenvalue weighted by Crippen LogP contribution is 2.62. The smallest absolute Gasteiger partial charge is 0.0378 e. The van der Waals surface area contributed by atoms with E-state index in [0.29, 0.717) is 22.7 Å². The molecule has 0 aliphatic carbocycles. The van der Waals surface area contributed by atoms with Crippen molar-refractivity contribution in [3.8, 4) is 0 Å². The number of nitrogens with zero attached hydrogens (tertiary/aromatic N) is 2. The van der Waals surface area contributed by atoms with Crippen LogP contribution in [0.4, 0.5) is 0 Å². The summed E-state index contributed by atoms with van der Waals surface area (Å²) in [5.74, 6) is 0. The minimum atomic E-state index is 0.401. The van der Waals surface area contributed by atoms with Crippen molar-refractivity contribution in [3.05, 3.63) is 0 Å². The van der Waals surface area contributed by atoms with E-state index in [9.17, 15) is 0 Å². The standard InChI is InChI=1S/C13H24N2/c1-10(2)14-9-13(6-11(14,3)4)7-12(5)8-15(12)13/h10H,6-9H2,1-5H3. The number of hydrogen-bond donors (Lipinski definition) is 0. The molecule has 3 aliphatic heterocycles. The van der Waals surface area contributed by atoms with Crippen molar-refractivity contribution >= 4 is 0 Å². The average Bonchev–Trinajstić information content (AvgIpc) is 2.50. The number of likely N-dealkylation sites (tertiary alicyclic amines) is 1. The van der Waals surface area contributed by atoms with Gasteiger partial charge in [-0.1, -0.05) is 0 Å². The van der Waals surface area contributed by atoms with Crippen molar-refractivity contribution in [2.45, 2.75) is 70.1 Å². The predicted molar refractivity (Wildman–Crippen MR) is 63.0 cm³/mol. The van der Waals surface area contributed by atoms with Crippen LogP contribution in [0.1, 0.15) is 47.5 Å². The van der Waals surface area contributed by atoms with E-state index in [4.69, 9.17) is 0 Å². The second kappa shape index (κ2) is 2.43. The van der Waals surface area contributed by atoms with Crippen LogP contribution in [0, 0.1) is 0 Å². The largest absolute Gasteiger partial charge is 0.294 e. The van der Waals surface area contributed by atoms with Crippen LogP contribution in [0.5, 0.6) is 0 Å². The predicted octanol–water partition coefficient (Wildman–Crippen LogP) is 2.10. The van der Waals surface area contributed by atoms with Gasteiger partial charge < -0.3 is 0 Å². The van der Waals surface area contributed by atoms with E-state index in [1.165, 1.54) is 25.9 Å². The molecule has 0 amide bonds. The van der Waals surface area contributed by atoms with Gasteiger partial charge in [0.05, 0.1) is 0 Å². The van der Waals surface area contributed by atoms with Crippen LogP contribution in [0.2, 0.25) is 0 Å². The summed E-state index contributed by atoms with van der Waals surface area (Å²) < 4.78 is 0. The van der Waals surface area contributed by atoms with E-state index in [1.807, 2.05) is 0 Å². The number of rotatable bonds is 1. The molecule has 0 aromatic carbocycles. The Morgan fingerprint density at radius 2 is 1.67 bits per heavy atom. The zero-order chi connectivity index (χ0) is 11.1. The van der Waals surface area contributed by atoms with Gasteiger partial charge in [-0.15, -0.1) is 0 Å². The van der Waals surface area contributed by atoms with Crippen molar-refractivity contribution in [3.63, 3.8) is 0 Å². The molecule has 2 nitrogen and oxygen atoms in total. The first-order chi connectivity index (χ1) is 6.79. The Labute approximate surface area is 93.6 Å². The molecule has 3 unspecified atom stereocenters. The third kappa shape index (κ3) is 1.13. The lowest BCUT2D eigenvalue weighted by Crippen LogP contribution is -2.55. The second-order valence-corrected chi connectivity index (χ2v) is 7.20. The molecular weight excluding hydrogens is 184 g/mol. The molecule has 0 N–H and O–H groups in total. The van der Waals surface area contributed by atoms with E-state index in [2.05, 4.69) is 44.4 Å². The fourth-order valence-corrected chi connectivity index (χ4v) is 4.58. The first kappa shape index (κ1) is 10.1. The second-order valence-electron chi connectivity index (χ2n) is 7.20. The molecule has 15 heavy (non-hydrogen) atoms. The molecule has 86 valence electrons. The zero-order valence-electron chi connectivity index (χ0n) is 10.8. The van der Waals surface area contributed by atoms with E-state index < -0.39 is 0 Å². The molecule has 0 bridgehead atoms. The maximum absolute atomic E-state index is 2.74. The maximum atomic E-state index is 2.74. The van der Waals surface area contributed by atoms with Crippen LogP contribution >= 0.6 is 0 Å². The molecule has 0 aromatic heterocycles. The lowest BCUT2D eigenvalue weighted by atomic mass is 9.77. The fourth-order valence-electron chi connectivity index (χ4n) is 4.58. The Hall–Kier alpha value is -0.0800. The maximum Gasteiger partial charge on any atom is 0.0378 e. The monoisotopic (exact) mass is 208 g/mol. The quantitative estimate of drug-likeness (QED) is 0.609. The first-order valence-electron chi connectivity index (χ1n) is 6.34. The first-order valence-corrected chi connectivity index (χ1v) is 6.34. The number of hydrogen-bond acceptors (Lipinski definition) is 2. The SMILES string of the molecule is CC(C)N1CC2(CC1(C)C)CC1(C)CN12. The Morgan fingerprint density at radius 3 is 2.00 bits per heavy atom. The van der Waals surface area contributed by atoms with Crippen LogP contribution in [-0.2, 0) is 0 Å². The number of fused-ring (bicyclic) bond motifs is 2. The van der Waals surface area contributed by atoms with Crippen molar-refractivity contribution in [1.82, 2.24) is 9.80 Å². The third-order valence-electron chi connectivity index (χ3n) is 4.96. The summed E-state index contributed by atoms with van der Waals surface area (Å²) in [6.07, 6.45) is 2.81. The molecule has 3 heterocycles. The Morgan fingerprint density at radius 1 is 1.00 bits per heavy atom. The highest BCUT2D eigenvalue weighted by atomic mass is 15.5. The van der Waals surface area contributed by atoms with Gasteiger partial charge in [-0.2, -0.15) is 0 Å². The summed E-state index contributed by atoms with van der Waals surface area (Å²) in [5, 5.41) is 0. The summed E-state index contributed by atoms with van der Waals surface area (Å²) in [7, 11) is 0. The van der Waals surface area contributed by atoms with Gasteiger partial charge >= 0.3 is 0 Å². The minimum Gasteiger partial charge on any atom is -0.294 e. The molecular formula is C13H24N2. The summed E-state index contributed by atoms with van der Waals surface area (Å²) in [6.45, 7) is 14.6.